The van der Waals surface area contributed by atoms with Crippen LogP contribution in [0, 0.1) is 17.1 Å². The molecule has 6 N–H and O–H groups in total. The van der Waals surface area contributed by atoms with Gasteiger partial charge in [0.15, 0.2) is 0 Å². The normalized spacial score (nSPS) is 12.9. The molecule has 0 spiro atoms. The van der Waals surface area contributed by atoms with Crippen molar-refractivity contribution in [3.8, 4) is 6.07 Å². The highest BCUT2D eigenvalue weighted by atomic mass is 19.1. The maximum Gasteiger partial charge on any atom is 0.273 e. The molecule has 0 unspecified atom stereocenters. The summed E-state index contributed by atoms with van der Waals surface area (Å²) in [6.07, 6.45) is 5.45. The van der Waals surface area contributed by atoms with Crippen LogP contribution in [0.5, 0.6) is 0 Å². The number of hydrogen-bond acceptors (Lipinski definition) is 9. The minimum atomic E-state index is -1.57. The van der Waals surface area contributed by atoms with Gasteiger partial charge in [-0.3, -0.25) is 14.6 Å². The highest BCUT2D eigenvalue weighted by Crippen LogP contribution is 2.20. The van der Waals surface area contributed by atoms with Crippen molar-refractivity contribution < 1.29 is 19.1 Å². The van der Waals surface area contributed by atoms with Crippen LogP contribution in [0.1, 0.15) is 56.1 Å². The van der Waals surface area contributed by atoms with Gasteiger partial charge in [0.05, 0.1) is 30.0 Å². The Hall–Kier alpha value is -5.25. The maximum absolute atomic E-state index is 13.3. The monoisotopic (exact) mass is 554 g/mol. The molecule has 4 rings (SSSR count). The molecule has 2 atom stereocenters. The second kappa shape index (κ2) is 12.7. The molecule has 2 aromatic carbocycles. The quantitative estimate of drug-likeness (QED) is 0.184. The molecule has 0 aliphatic heterocycles. The topological polar surface area (TPSA) is 179 Å². The number of nitrogens with two attached hydrogens (primary N) is 1. The lowest BCUT2D eigenvalue weighted by Crippen LogP contribution is -2.55. The molecule has 12 heteroatoms. The van der Waals surface area contributed by atoms with Crippen LogP contribution in [0.3, 0.4) is 0 Å². The van der Waals surface area contributed by atoms with Crippen molar-refractivity contribution in [2.75, 3.05) is 11.9 Å². The number of rotatable bonds is 10. The van der Waals surface area contributed by atoms with Crippen molar-refractivity contribution in [3.63, 3.8) is 0 Å². The SMILES string of the molecule is C[C@H](NC(=O)c1cc(C#N)cnc1NCc1ccc([C@@](N)(CO)NC(=O)c2cnccn2)cc1)c1ccc(F)cc1. The number of aliphatic hydroxyl groups excluding tert-OH is 1. The highest BCUT2D eigenvalue weighted by molar-refractivity contribution is 5.99. The Morgan fingerprint density at radius 2 is 1.80 bits per heavy atom. The molecule has 0 radical (unpaired) electrons. The molecule has 0 aliphatic rings. The molecule has 0 aliphatic carbocycles. The van der Waals surface area contributed by atoms with Gasteiger partial charge < -0.3 is 26.8 Å². The number of benzene rings is 2. The van der Waals surface area contributed by atoms with E-state index >= 15 is 0 Å². The third-order valence-corrected chi connectivity index (χ3v) is 6.29. The fraction of sp³-hybridized carbons (Fsp3) is 0.172. The van der Waals surface area contributed by atoms with Crippen LogP contribution >= 0.6 is 0 Å². The third-order valence-electron chi connectivity index (χ3n) is 6.29. The van der Waals surface area contributed by atoms with Crippen LogP contribution in [0.25, 0.3) is 0 Å². The Bertz CT molecular complexity index is 1560. The summed E-state index contributed by atoms with van der Waals surface area (Å²) in [5.41, 5.74) is 7.11. The number of anilines is 1. The van der Waals surface area contributed by atoms with Crippen molar-refractivity contribution in [3.05, 3.63) is 119 Å². The van der Waals surface area contributed by atoms with Gasteiger partial charge in [-0.25, -0.2) is 14.4 Å². The Kier molecular flexibility index (Phi) is 8.93. The van der Waals surface area contributed by atoms with E-state index in [9.17, 15) is 24.3 Å². The van der Waals surface area contributed by atoms with Crippen LogP contribution in [-0.4, -0.2) is 38.5 Å². The molecular weight excluding hydrogens is 527 g/mol. The standard InChI is InChI=1S/C29H27FN8O3/c1-18(21-4-8-23(30)9-5-21)37-27(40)24-12-20(13-31)15-36-26(24)35-14-19-2-6-22(7-3-19)29(32,17-39)38-28(41)25-16-33-10-11-34-25/h2-12,15-16,18,39H,14,17,32H2,1H3,(H,35,36)(H,37,40)(H,38,41)/t18-,29+/m0/s1. The number of hydrogen-bond donors (Lipinski definition) is 5. The summed E-state index contributed by atoms with van der Waals surface area (Å²) in [4.78, 5) is 37.7. The first-order chi connectivity index (χ1) is 19.7. The van der Waals surface area contributed by atoms with Gasteiger partial charge in [0.25, 0.3) is 11.8 Å². The Labute approximate surface area is 235 Å². The van der Waals surface area contributed by atoms with Crippen molar-refractivity contribution in [2.24, 2.45) is 5.73 Å². The average molecular weight is 555 g/mol. The summed E-state index contributed by atoms with van der Waals surface area (Å²) in [6.45, 7) is 1.46. The van der Waals surface area contributed by atoms with E-state index in [2.05, 4.69) is 30.9 Å². The number of halogens is 1. The third kappa shape index (κ3) is 7.04. The molecule has 2 amide bonds. The number of nitrogens with zero attached hydrogens (tertiary/aromatic N) is 4. The van der Waals surface area contributed by atoms with E-state index in [1.165, 1.54) is 43.0 Å². The van der Waals surface area contributed by atoms with E-state index in [0.717, 1.165) is 5.56 Å². The molecule has 0 saturated heterocycles. The molecule has 208 valence electrons. The molecule has 0 bridgehead atoms. The molecule has 41 heavy (non-hydrogen) atoms. The van der Waals surface area contributed by atoms with E-state index in [1.54, 1.807) is 43.3 Å². The van der Waals surface area contributed by atoms with Gasteiger partial charge in [0.2, 0.25) is 0 Å². The fourth-order valence-electron chi connectivity index (χ4n) is 3.94. The second-order valence-electron chi connectivity index (χ2n) is 9.20. The van der Waals surface area contributed by atoms with E-state index in [-0.39, 0.29) is 35.0 Å². The Morgan fingerprint density at radius 1 is 1.07 bits per heavy atom. The highest BCUT2D eigenvalue weighted by Gasteiger charge is 2.29. The van der Waals surface area contributed by atoms with Gasteiger partial charge >= 0.3 is 0 Å². The summed E-state index contributed by atoms with van der Waals surface area (Å²) in [5.74, 6) is -1.17. The minimum absolute atomic E-state index is 0.0541. The number of aromatic nitrogens is 3. The first-order valence-corrected chi connectivity index (χ1v) is 12.5. The largest absolute Gasteiger partial charge is 0.392 e. The zero-order valence-corrected chi connectivity index (χ0v) is 22.0. The number of pyridine rings is 1. The lowest BCUT2D eigenvalue weighted by Gasteiger charge is -2.29. The van der Waals surface area contributed by atoms with Gasteiger partial charge in [-0.05, 0) is 41.8 Å². The predicted molar refractivity (Wildman–Crippen MR) is 147 cm³/mol. The van der Waals surface area contributed by atoms with E-state index < -0.39 is 30.1 Å². The first-order valence-electron chi connectivity index (χ1n) is 12.5. The Morgan fingerprint density at radius 3 is 2.44 bits per heavy atom. The van der Waals surface area contributed by atoms with Gasteiger partial charge in [-0.1, -0.05) is 36.4 Å². The first kappa shape index (κ1) is 28.8. The lowest BCUT2D eigenvalue weighted by molar-refractivity contribution is 0.0829. The molecule has 2 aromatic heterocycles. The van der Waals surface area contributed by atoms with Gasteiger partial charge in [0, 0.05) is 25.1 Å². The molecule has 2 heterocycles. The van der Waals surface area contributed by atoms with E-state index in [1.807, 2.05) is 6.07 Å². The van der Waals surface area contributed by atoms with Crippen molar-refractivity contribution in [1.82, 2.24) is 25.6 Å². The maximum atomic E-state index is 13.3. The molecular formula is C29H27FN8O3. The van der Waals surface area contributed by atoms with Gasteiger partial charge in [-0.2, -0.15) is 5.26 Å². The summed E-state index contributed by atoms with van der Waals surface area (Å²) in [7, 11) is 0. The van der Waals surface area contributed by atoms with Gasteiger partial charge in [-0.15, -0.1) is 0 Å². The van der Waals surface area contributed by atoms with Crippen LogP contribution in [0.4, 0.5) is 10.2 Å². The fourth-order valence-corrected chi connectivity index (χ4v) is 3.94. The van der Waals surface area contributed by atoms with E-state index in [0.29, 0.717) is 11.1 Å². The minimum Gasteiger partial charge on any atom is -0.392 e. The second-order valence-corrected chi connectivity index (χ2v) is 9.20. The van der Waals surface area contributed by atoms with Crippen molar-refractivity contribution >= 4 is 17.6 Å². The molecule has 0 saturated carbocycles. The van der Waals surface area contributed by atoms with Crippen molar-refractivity contribution in [1.29, 1.82) is 5.26 Å². The van der Waals surface area contributed by atoms with Crippen molar-refractivity contribution in [2.45, 2.75) is 25.2 Å². The molecule has 0 fully saturated rings. The number of carbonyl (C=O) groups excluding carboxylic acids is 2. The average Bonchev–Trinajstić information content (AvgIpc) is 3.00. The predicted octanol–water partition coefficient (Wildman–Crippen LogP) is 2.52. The Balaban J connectivity index is 1.46. The number of amides is 2. The number of aliphatic hydroxyl groups is 1. The molecule has 4 aromatic rings. The summed E-state index contributed by atoms with van der Waals surface area (Å²) in [5, 5.41) is 27.8. The summed E-state index contributed by atoms with van der Waals surface area (Å²) >= 11 is 0. The summed E-state index contributed by atoms with van der Waals surface area (Å²) in [6, 6.07) is 15.6. The summed E-state index contributed by atoms with van der Waals surface area (Å²) < 4.78 is 13.3. The van der Waals surface area contributed by atoms with E-state index in [4.69, 9.17) is 5.73 Å². The number of nitrogens with one attached hydrogen (secondary N) is 3. The smallest absolute Gasteiger partial charge is 0.273 e. The lowest BCUT2D eigenvalue weighted by atomic mass is 9.99. The van der Waals surface area contributed by atoms with Gasteiger partial charge in [0.1, 0.15) is 29.1 Å². The van der Waals surface area contributed by atoms with Crippen LogP contribution in [-0.2, 0) is 12.2 Å². The van der Waals surface area contributed by atoms with Crippen LogP contribution in [0.2, 0.25) is 0 Å². The number of nitriles is 1. The van der Waals surface area contributed by atoms with Crippen LogP contribution < -0.4 is 21.7 Å². The zero-order chi connectivity index (χ0) is 29.4. The zero-order valence-electron chi connectivity index (χ0n) is 22.0. The number of carbonyl (C=O) groups is 2. The molecule has 11 nitrogen and oxygen atoms in total. The van der Waals surface area contributed by atoms with Crippen LogP contribution in [0.15, 0.2) is 79.4 Å².